The first-order valence-electron chi connectivity index (χ1n) is 5.75. The number of nitrogens with zero attached hydrogens (tertiary/aromatic N) is 1. The van der Waals surface area contributed by atoms with Crippen LogP contribution >= 0.6 is 0 Å². The van der Waals surface area contributed by atoms with Crippen molar-refractivity contribution in [3.05, 3.63) is 29.6 Å². The first-order valence-corrected chi connectivity index (χ1v) is 5.75. The summed E-state index contributed by atoms with van der Waals surface area (Å²) < 4.78 is 5.24. The maximum atomic E-state index is 11.8. The van der Waals surface area contributed by atoms with Gasteiger partial charge in [-0.05, 0) is 24.1 Å². The second-order valence-electron chi connectivity index (χ2n) is 4.10. The lowest BCUT2D eigenvalue weighted by molar-refractivity contribution is -0.126. The van der Waals surface area contributed by atoms with Gasteiger partial charge in [-0.25, -0.2) is 0 Å². The maximum Gasteiger partial charge on any atom is 0.239 e. The minimum absolute atomic E-state index is 0.0204. The normalized spacial score (nSPS) is 19.9. The third-order valence-corrected chi connectivity index (χ3v) is 2.84. The predicted octanol–water partition coefficient (Wildman–Crippen LogP) is -0.00538. The Morgan fingerprint density at radius 1 is 1.71 bits per heavy atom. The van der Waals surface area contributed by atoms with E-state index in [1.165, 1.54) is 0 Å². The third-order valence-electron chi connectivity index (χ3n) is 2.84. The Labute approximate surface area is 101 Å². The molecule has 92 valence electrons. The van der Waals surface area contributed by atoms with Crippen molar-refractivity contribution in [2.24, 2.45) is 0 Å². The van der Waals surface area contributed by atoms with Gasteiger partial charge in [-0.3, -0.25) is 9.78 Å². The number of carbonyl (C=O) groups is 1. The first-order chi connectivity index (χ1) is 8.27. The number of aromatic nitrogens is 1. The van der Waals surface area contributed by atoms with Crippen LogP contribution in [-0.4, -0.2) is 36.7 Å². The molecule has 0 aliphatic carbocycles. The van der Waals surface area contributed by atoms with Crippen LogP contribution in [0, 0.1) is 6.92 Å². The van der Waals surface area contributed by atoms with E-state index in [1.54, 1.807) is 12.4 Å². The Morgan fingerprint density at radius 3 is 3.29 bits per heavy atom. The lowest BCUT2D eigenvalue weighted by Crippen LogP contribution is -2.51. The van der Waals surface area contributed by atoms with E-state index >= 15 is 0 Å². The van der Waals surface area contributed by atoms with Crippen molar-refractivity contribution in [2.45, 2.75) is 19.5 Å². The molecule has 5 nitrogen and oxygen atoms in total. The topological polar surface area (TPSA) is 63.2 Å². The number of morpholine rings is 1. The van der Waals surface area contributed by atoms with E-state index in [0.29, 0.717) is 19.8 Å². The largest absolute Gasteiger partial charge is 0.378 e. The lowest BCUT2D eigenvalue weighted by Gasteiger charge is -2.23. The molecule has 2 heterocycles. The van der Waals surface area contributed by atoms with Gasteiger partial charge in [0.15, 0.2) is 0 Å². The predicted molar refractivity (Wildman–Crippen MR) is 63.4 cm³/mol. The monoisotopic (exact) mass is 235 g/mol. The molecule has 1 atom stereocenters. The molecule has 0 aromatic carbocycles. The Balaban J connectivity index is 1.85. The van der Waals surface area contributed by atoms with E-state index < -0.39 is 0 Å². The molecule has 1 aliphatic heterocycles. The molecule has 0 spiro atoms. The standard InChI is InChI=1S/C12H17N3O2/c1-9-2-3-13-6-10(9)7-15-12(16)11-8-17-5-4-14-11/h2-3,6,11,14H,4-5,7-8H2,1H3,(H,15,16). The fourth-order valence-corrected chi connectivity index (χ4v) is 1.72. The molecular weight excluding hydrogens is 218 g/mol. The average Bonchev–Trinajstić information content (AvgIpc) is 2.38. The minimum Gasteiger partial charge on any atom is -0.378 e. The fourth-order valence-electron chi connectivity index (χ4n) is 1.72. The second-order valence-corrected chi connectivity index (χ2v) is 4.10. The summed E-state index contributed by atoms with van der Waals surface area (Å²) >= 11 is 0. The molecule has 2 rings (SSSR count). The number of nitrogens with one attached hydrogen (secondary N) is 2. The zero-order valence-electron chi connectivity index (χ0n) is 9.90. The number of ether oxygens (including phenoxy) is 1. The Kier molecular flexibility index (Phi) is 4.06. The van der Waals surface area contributed by atoms with Gasteiger partial charge in [0.1, 0.15) is 6.04 Å². The van der Waals surface area contributed by atoms with Crippen LogP contribution in [0.4, 0.5) is 0 Å². The molecule has 1 aromatic rings. The van der Waals surface area contributed by atoms with Gasteiger partial charge in [0.25, 0.3) is 0 Å². The summed E-state index contributed by atoms with van der Waals surface area (Å²) in [6, 6.07) is 1.70. The second kappa shape index (κ2) is 5.75. The van der Waals surface area contributed by atoms with Gasteiger partial charge in [0.2, 0.25) is 5.91 Å². The summed E-state index contributed by atoms with van der Waals surface area (Å²) in [5.74, 6) is -0.0204. The number of hydrogen-bond donors (Lipinski definition) is 2. The average molecular weight is 235 g/mol. The molecule has 2 N–H and O–H groups in total. The number of carbonyl (C=O) groups excluding carboxylic acids is 1. The van der Waals surface area contributed by atoms with Crippen LogP contribution in [0.2, 0.25) is 0 Å². The number of amides is 1. The van der Waals surface area contributed by atoms with Crippen molar-refractivity contribution in [1.29, 1.82) is 0 Å². The molecule has 1 unspecified atom stereocenters. The molecule has 1 amide bonds. The summed E-state index contributed by atoms with van der Waals surface area (Å²) in [6.45, 7) is 4.36. The first kappa shape index (κ1) is 12.0. The summed E-state index contributed by atoms with van der Waals surface area (Å²) in [5, 5.41) is 6.01. The van der Waals surface area contributed by atoms with E-state index in [9.17, 15) is 4.79 Å². The molecule has 1 fully saturated rings. The van der Waals surface area contributed by atoms with E-state index in [1.807, 2.05) is 13.0 Å². The van der Waals surface area contributed by atoms with Crippen LogP contribution in [0.1, 0.15) is 11.1 Å². The molecule has 0 radical (unpaired) electrons. The molecule has 17 heavy (non-hydrogen) atoms. The molecule has 1 aliphatic rings. The third kappa shape index (κ3) is 3.25. The Morgan fingerprint density at radius 2 is 2.59 bits per heavy atom. The van der Waals surface area contributed by atoms with Crippen molar-refractivity contribution in [3.8, 4) is 0 Å². The van der Waals surface area contributed by atoms with E-state index in [2.05, 4.69) is 15.6 Å². The van der Waals surface area contributed by atoms with Gasteiger partial charge in [0, 0.05) is 25.5 Å². The summed E-state index contributed by atoms with van der Waals surface area (Å²) in [5.41, 5.74) is 2.17. The summed E-state index contributed by atoms with van der Waals surface area (Å²) in [4.78, 5) is 15.9. The van der Waals surface area contributed by atoms with Crippen molar-refractivity contribution < 1.29 is 9.53 Å². The number of aryl methyl sites for hydroxylation is 1. The van der Waals surface area contributed by atoms with E-state index in [0.717, 1.165) is 17.7 Å². The van der Waals surface area contributed by atoms with Crippen molar-refractivity contribution in [3.63, 3.8) is 0 Å². The van der Waals surface area contributed by atoms with Crippen LogP contribution in [0.25, 0.3) is 0 Å². The van der Waals surface area contributed by atoms with Crippen LogP contribution in [0.15, 0.2) is 18.5 Å². The highest BCUT2D eigenvalue weighted by Crippen LogP contribution is 2.04. The van der Waals surface area contributed by atoms with Crippen molar-refractivity contribution in [1.82, 2.24) is 15.6 Å². The molecule has 0 saturated carbocycles. The van der Waals surface area contributed by atoms with E-state index in [4.69, 9.17) is 4.74 Å². The number of pyridine rings is 1. The van der Waals surface area contributed by atoms with E-state index in [-0.39, 0.29) is 11.9 Å². The van der Waals surface area contributed by atoms with Crippen molar-refractivity contribution in [2.75, 3.05) is 19.8 Å². The van der Waals surface area contributed by atoms with Crippen LogP contribution in [0.5, 0.6) is 0 Å². The Bertz CT molecular complexity index is 389. The highest BCUT2D eigenvalue weighted by atomic mass is 16.5. The molecule has 1 saturated heterocycles. The molecule has 1 aromatic heterocycles. The van der Waals surface area contributed by atoms with Gasteiger partial charge < -0.3 is 15.4 Å². The number of rotatable bonds is 3. The lowest BCUT2D eigenvalue weighted by atomic mass is 10.1. The molecule has 0 bridgehead atoms. The summed E-state index contributed by atoms with van der Waals surface area (Å²) in [6.07, 6.45) is 3.53. The van der Waals surface area contributed by atoms with Crippen LogP contribution in [0.3, 0.4) is 0 Å². The van der Waals surface area contributed by atoms with Crippen LogP contribution in [-0.2, 0) is 16.1 Å². The van der Waals surface area contributed by atoms with Gasteiger partial charge in [-0.1, -0.05) is 0 Å². The SMILES string of the molecule is Cc1ccncc1CNC(=O)C1COCCN1. The highest BCUT2D eigenvalue weighted by Gasteiger charge is 2.20. The van der Waals surface area contributed by atoms with Gasteiger partial charge in [0.05, 0.1) is 13.2 Å². The van der Waals surface area contributed by atoms with Crippen LogP contribution < -0.4 is 10.6 Å². The zero-order chi connectivity index (χ0) is 12.1. The van der Waals surface area contributed by atoms with Gasteiger partial charge in [-0.15, -0.1) is 0 Å². The van der Waals surface area contributed by atoms with Crippen molar-refractivity contribution >= 4 is 5.91 Å². The van der Waals surface area contributed by atoms with Gasteiger partial charge >= 0.3 is 0 Å². The maximum absolute atomic E-state index is 11.8. The highest BCUT2D eigenvalue weighted by molar-refractivity contribution is 5.81. The molecular formula is C12H17N3O2. The fraction of sp³-hybridized carbons (Fsp3) is 0.500. The summed E-state index contributed by atoms with van der Waals surface area (Å²) in [7, 11) is 0. The zero-order valence-corrected chi connectivity index (χ0v) is 9.90. The van der Waals surface area contributed by atoms with Gasteiger partial charge in [-0.2, -0.15) is 0 Å². The quantitative estimate of drug-likeness (QED) is 0.774. The number of hydrogen-bond acceptors (Lipinski definition) is 4. The molecule has 5 heteroatoms. The smallest absolute Gasteiger partial charge is 0.239 e. The Hall–Kier alpha value is -1.46. The minimum atomic E-state index is -0.235.